The summed E-state index contributed by atoms with van der Waals surface area (Å²) in [7, 11) is 0. The highest BCUT2D eigenvalue weighted by Gasteiger charge is 2.35. The smallest absolute Gasteiger partial charge is 0.349 e. The zero-order chi connectivity index (χ0) is 25.2. The van der Waals surface area contributed by atoms with Crippen LogP contribution in [0.4, 0.5) is 13.2 Å². The average Bonchev–Trinajstić information content (AvgIpc) is 2.81. The first kappa shape index (κ1) is 25.0. The van der Waals surface area contributed by atoms with Gasteiger partial charge in [-0.2, -0.15) is 13.2 Å². The Morgan fingerprint density at radius 3 is 2.49 bits per heavy atom. The lowest BCUT2D eigenvalue weighted by atomic mass is 9.80. The third-order valence-electron chi connectivity index (χ3n) is 6.93. The Balaban J connectivity index is 1.17. The number of carbonyl (C=O) groups is 2. The molecule has 1 aromatic heterocycles. The Bertz CT molecular complexity index is 1130. The van der Waals surface area contributed by atoms with Crippen LogP contribution in [0.2, 0.25) is 0 Å². The van der Waals surface area contributed by atoms with Crippen LogP contribution in [0.3, 0.4) is 0 Å². The van der Waals surface area contributed by atoms with Gasteiger partial charge in [-0.25, -0.2) is 0 Å². The molecule has 4 rings (SSSR count). The maximum Gasteiger partial charge on any atom is 0.416 e. The molecule has 3 N–H and O–H groups in total. The first-order chi connectivity index (χ1) is 16.6. The zero-order valence-corrected chi connectivity index (χ0v) is 19.5. The highest BCUT2D eigenvalue weighted by Crippen LogP contribution is 2.35. The second-order valence-electron chi connectivity index (χ2n) is 9.43. The van der Waals surface area contributed by atoms with E-state index in [1.807, 2.05) is 19.2 Å². The molecule has 1 saturated carbocycles. The minimum absolute atomic E-state index is 0.00692. The lowest BCUT2D eigenvalue weighted by molar-refractivity contribution is -0.137. The molecule has 10 heteroatoms. The number of hydrogen-bond donors (Lipinski definition) is 3. The topological polar surface area (TPSA) is 94.3 Å². The Kier molecular flexibility index (Phi) is 7.30. The number of H-pyrrole nitrogens is 1. The van der Waals surface area contributed by atoms with Crippen LogP contribution in [0.15, 0.2) is 41.3 Å². The maximum atomic E-state index is 12.8. The molecule has 2 aromatic rings. The largest absolute Gasteiger partial charge is 0.416 e. The SMILES string of the molecule is Cc1cc([C@H]2CC[C@@H](N3CC(NC(=O)CNC(=O)c4cccc(C(F)(F)F)c4)C3)CC2)c[nH]c1=O. The molecule has 2 heterocycles. The number of pyridine rings is 1. The number of aromatic amines is 1. The van der Waals surface area contributed by atoms with Crippen LogP contribution in [-0.2, 0) is 11.0 Å². The Morgan fingerprint density at radius 2 is 1.83 bits per heavy atom. The van der Waals surface area contributed by atoms with Crippen LogP contribution in [0.5, 0.6) is 0 Å². The van der Waals surface area contributed by atoms with Gasteiger partial charge in [0.15, 0.2) is 0 Å². The van der Waals surface area contributed by atoms with Gasteiger partial charge in [0, 0.05) is 36.5 Å². The van der Waals surface area contributed by atoms with Gasteiger partial charge in [0.1, 0.15) is 0 Å². The lowest BCUT2D eigenvalue weighted by Gasteiger charge is -2.46. The molecule has 2 aliphatic rings. The van der Waals surface area contributed by atoms with Crippen molar-refractivity contribution in [2.75, 3.05) is 19.6 Å². The van der Waals surface area contributed by atoms with Crippen LogP contribution in [0, 0.1) is 6.92 Å². The second kappa shape index (κ2) is 10.2. The standard InChI is InChI=1S/C25H29F3N4O3/c1-15-9-18(11-29-23(15)34)16-5-7-21(8-6-16)32-13-20(14-32)31-22(33)12-30-24(35)17-3-2-4-19(10-17)25(26,27)28/h2-4,9-11,16,20-21H,5-8,12-14H2,1H3,(H,29,34)(H,30,35)(H,31,33)/t16-,21+. The number of amides is 2. The van der Waals surface area contributed by atoms with Gasteiger partial charge in [0.2, 0.25) is 5.91 Å². The van der Waals surface area contributed by atoms with Crippen molar-refractivity contribution in [3.8, 4) is 0 Å². The Morgan fingerprint density at radius 1 is 1.11 bits per heavy atom. The molecule has 35 heavy (non-hydrogen) atoms. The van der Waals surface area contributed by atoms with E-state index in [0.29, 0.717) is 12.0 Å². The molecule has 1 saturated heterocycles. The highest BCUT2D eigenvalue weighted by molar-refractivity contribution is 5.96. The number of nitrogens with one attached hydrogen (secondary N) is 3. The van der Waals surface area contributed by atoms with Gasteiger partial charge in [0.05, 0.1) is 18.2 Å². The summed E-state index contributed by atoms with van der Waals surface area (Å²) < 4.78 is 38.4. The fourth-order valence-corrected chi connectivity index (χ4v) is 4.91. The monoisotopic (exact) mass is 490 g/mol. The molecule has 7 nitrogen and oxygen atoms in total. The van der Waals surface area contributed by atoms with Crippen molar-refractivity contribution < 1.29 is 22.8 Å². The molecule has 0 bridgehead atoms. The summed E-state index contributed by atoms with van der Waals surface area (Å²) in [5.74, 6) is -0.651. The normalized spacial score (nSPS) is 21.3. The van der Waals surface area contributed by atoms with E-state index in [-0.39, 0.29) is 29.6 Å². The van der Waals surface area contributed by atoms with Crippen molar-refractivity contribution in [3.05, 3.63) is 69.1 Å². The fourth-order valence-electron chi connectivity index (χ4n) is 4.91. The summed E-state index contributed by atoms with van der Waals surface area (Å²) >= 11 is 0. The highest BCUT2D eigenvalue weighted by atomic mass is 19.4. The van der Waals surface area contributed by atoms with E-state index in [2.05, 4.69) is 20.5 Å². The average molecular weight is 491 g/mol. The van der Waals surface area contributed by atoms with Crippen LogP contribution >= 0.6 is 0 Å². The number of hydrogen-bond acceptors (Lipinski definition) is 4. The van der Waals surface area contributed by atoms with Crippen LogP contribution in [0.25, 0.3) is 0 Å². The number of likely N-dealkylation sites (tertiary alicyclic amines) is 1. The zero-order valence-electron chi connectivity index (χ0n) is 19.5. The Hall–Kier alpha value is -3.14. The number of carbonyl (C=O) groups excluding carboxylic acids is 2. The summed E-state index contributed by atoms with van der Waals surface area (Å²) in [5.41, 5.74) is 0.812. The number of halogens is 3. The first-order valence-corrected chi connectivity index (χ1v) is 11.8. The molecule has 1 aliphatic heterocycles. The summed E-state index contributed by atoms with van der Waals surface area (Å²) in [6, 6.07) is 6.53. The van der Waals surface area contributed by atoms with Gasteiger partial charge in [-0.15, -0.1) is 0 Å². The van der Waals surface area contributed by atoms with Crippen molar-refractivity contribution in [1.82, 2.24) is 20.5 Å². The third kappa shape index (κ3) is 6.11. The van der Waals surface area contributed by atoms with Gasteiger partial charge >= 0.3 is 6.18 Å². The van der Waals surface area contributed by atoms with Gasteiger partial charge in [0.25, 0.3) is 11.5 Å². The molecule has 2 fully saturated rings. The van der Waals surface area contributed by atoms with Crippen LogP contribution in [-0.4, -0.2) is 53.4 Å². The van der Waals surface area contributed by atoms with Crippen molar-refractivity contribution in [2.45, 2.75) is 56.8 Å². The molecule has 0 radical (unpaired) electrons. The van der Waals surface area contributed by atoms with Gasteiger partial charge in [-0.05, 0) is 68.4 Å². The van der Waals surface area contributed by atoms with E-state index in [0.717, 1.165) is 62.5 Å². The van der Waals surface area contributed by atoms with Gasteiger partial charge < -0.3 is 15.6 Å². The van der Waals surface area contributed by atoms with E-state index >= 15 is 0 Å². The number of nitrogens with zero attached hydrogens (tertiary/aromatic N) is 1. The van der Waals surface area contributed by atoms with E-state index in [4.69, 9.17) is 0 Å². The number of benzene rings is 1. The number of rotatable bonds is 6. The van der Waals surface area contributed by atoms with E-state index in [9.17, 15) is 27.6 Å². The third-order valence-corrected chi connectivity index (χ3v) is 6.93. The van der Waals surface area contributed by atoms with E-state index in [1.165, 1.54) is 11.6 Å². The lowest BCUT2D eigenvalue weighted by Crippen LogP contribution is -2.63. The van der Waals surface area contributed by atoms with Gasteiger partial charge in [-0.3, -0.25) is 19.3 Å². The van der Waals surface area contributed by atoms with E-state index in [1.54, 1.807) is 0 Å². The minimum atomic E-state index is -4.54. The van der Waals surface area contributed by atoms with Crippen LogP contribution in [0.1, 0.15) is 58.6 Å². The van der Waals surface area contributed by atoms with Crippen LogP contribution < -0.4 is 16.2 Å². The minimum Gasteiger partial charge on any atom is -0.349 e. The number of aryl methyl sites for hydroxylation is 1. The fraction of sp³-hybridized carbons (Fsp3) is 0.480. The van der Waals surface area contributed by atoms with E-state index < -0.39 is 17.6 Å². The molecule has 0 unspecified atom stereocenters. The van der Waals surface area contributed by atoms with Gasteiger partial charge in [-0.1, -0.05) is 6.07 Å². The molecule has 0 spiro atoms. The molecule has 0 atom stereocenters. The molecule has 1 aromatic carbocycles. The first-order valence-electron chi connectivity index (χ1n) is 11.8. The molecule has 1 aliphatic carbocycles. The molecule has 2 amide bonds. The maximum absolute atomic E-state index is 12.8. The Labute approximate surface area is 201 Å². The number of aromatic nitrogens is 1. The van der Waals surface area contributed by atoms with Crippen molar-refractivity contribution >= 4 is 11.8 Å². The predicted octanol–water partition coefficient (Wildman–Crippen LogP) is 2.96. The van der Waals surface area contributed by atoms with Crippen molar-refractivity contribution in [3.63, 3.8) is 0 Å². The summed E-state index contributed by atoms with van der Waals surface area (Å²) in [4.78, 5) is 41.1. The molecular formula is C25H29F3N4O3. The predicted molar refractivity (Wildman–Crippen MR) is 124 cm³/mol. The van der Waals surface area contributed by atoms with Crippen molar-refractivity contribution in [2.24, 2.45) is 0 Å². The summed E-state index contributed by atoms with van der Waals surface area (Å²) in [5, 5.41) is 5.24. The molecule has 188 valence electrons. The summed E-state index contributed by atoms with van der Waals surface area (Å²) in [6.45, 7) is 3.00. The quantitative estimate of drug-likeness (QED) is 0.581. The summed E-state index contributed by atoms with van der Waals surface area (Å²) in [6.07, 6.45) is 1.48. The number of alkyl halides is 3. The molecular weight excluding hydrogens is 461 g/mol. The second-order valence-corrected chi connectivity index (χ2v) is 9.43. The van der Waals surface area contributed by atoms with Crippen molar-refractivity contribution in [1.29, 1.82) is 0 Å².